The number of benzene rings is 1. The van der Waals surface area contributed by atoms with Crippen LogP contribution in [0.25, 0.3) is 22.5 Å². The zero-order valence-corrected chi connectivity index (χ0v) is 17.8. The fourth-order valence-corrected chi connectivity index (χ4v) is 3.53. The average Bonchev–Trinajstić information content (AvgIpc) is 3.12. The molecule has 4 rings (SSSR count). The third-order valence-corrected chi connectivity index (χ3v) is 5.04. The fourth-order valence-electron chi connectivity index (χ4n) is 3.53. The maximum atomic E-state index is 15.2. The molecule has 1 aliphatic heterocycles. The summed E-state index contributed by atoms with van der Waals surface area (Å²) in [6.07, 6.45) is -4.83. The van der Waals surface area contributed by atoms with Crippen molar-refractivity contribution < 1.29 is 31.5 Å². The molecule has 1 fully saturated rings. The molecule has 0 saturated carbocycles. The summed E-state index contributed by atoms with van der Waals surface area (Å²) in [6, 6.07) is 1.95. The highest BCUT2D eigenvalue weighted by molar-refractivity contribution is 5.95. The van der Waals surface area contributed by atoms with Crippen molar-refractivity contribution in [1.82, 2.24) is 20.2 Å². The van der Waals surface area contributed by atoms with Crippen molar-refractivity contribution in [2.75, 3.05) is 38.1 Å². The number of nitrogens with zero attached hydrogens (tertiary/aromatic N) is 3. The quantitative estimate of drug-likeness (QED) is 0.559. The first-order chi connectivity index (χ1) is 15.7. The Bertz CT molecular complexity index is 1190. The maximum absolute atomic E-state index is 15.2. The molecule has 0 aliphatic carbocycles. The molecule has 0 radical (unpaired) electrons. The predicted octanol–water partition coefficient (Wildman–Crippen LogP) is 4.19. The number of amides is 2. The molecule has 2 amide bonds. The summed E-state index contributed by atoms with van der Waals surface area (Å²) in [4.78, 5) is 22.7. The van der Waals surface area contributed by atoms with E-state index in [9.17, 15) is 18.0 Å². The number of carbonyl (C=O) groups is 1. The summed E-state index contributed by atoms with van der Waals surface area (Å²) >= 11 is 0. The van der Waals surface area contributed by atoms with Crippen molar-refractivity contribution in [2.45, 2.75) is 20.0 Å². The Balaban J connectivity index is 1.88. The smallest absolute Gasteiger partial charge is 0.416 e. The van der Waals surface area contributed by atoms with Crippen LogP contribution in [0.4, 0.5) is 28.0 Å². The molecule has 0 unspecified atom stereocenters. The number of hydrogen-bond donors (Lipinski definition) is 2. The molecular weight excluding hydrogens is 446 g/mol. The Kier molecular flexibility index (Phi) is 6.11. The van der Waals surface area contributed by atoms with Crippen LogP contribution in [0.15, 0.2) is 22.6 Å². The minimum atomic E-state index is -4.83. The highest BCUT2D eigenvalue weighted by atomic mass is 19.4. The molecule has 2 N–H and O–H groups in total. The van der Waals surface area contributed by atoms with Gasteiger partial charge in [0.1, 0.15) is 22.8 Å². The number of carbonyl (C=O) groups excluding carboxylic acids is 1. The monoisotopic (exact) mass is 467 g/mol. The molecule has 2 aromatic heterocycles. The summed E-state index contributed by atoms with van der Waals surface area (Å²) < 4.78 is 66.4. The lowest BCUT2D eigenvalue weighted by Crippen LogP contribution is -2.48. The van der Waals surface area contributed by atoms with Gasteiger partial charge >= 0.3 is 12.2 Å². The number of piperazine rings is 1. The van der Waals surface area contributed by atoms with Crippen molar-refractivity contribution in [1.29, 1.82) is 0 Å². The van der Waals surface area contributed by atoms with Gasteiger partial charge in [0.2, 0.25) is 11.6 Å². The van der Waals surface area contributed by atoms with Gasteiger partial charge in [-0.2, -0.15) is 18.2 Å². The predicted molar refractivity (Wildman–Crippen MR) is 112 cm³/mol. The van der Waals surface area contributed by atoms with Gasteiger partial charge in [0, 0.05) is 32.2 Å². The SMILES string of the molecule is CCOc1nc2oc(C)cc2nc1-c1c(F)cc(C(F)(F)F)cc1NC(=O)N1CCNCC1. The molecule has 1 saturated heterocycles. The van der Waals surface area contributed by atoms with Crippen LogP contribution >= 0.6 is 0 Å². The normalized spacial score (nSPS) is 14.5. The lowest BCUT2D eigenvalue weighted by molar-refractivity contribution is -0.137. The number of anilines is 1. The number of halogens is 4. The van der Waals surface area contributed by atoms with Crippen molar-refractivity contribution in [3.8, 4) is 17.1 Å². The Morgan fingerprint density at radius 3 is 2.64 bits per heavy atom. The molecule has 176 valence electrons. The topological polar surface area (TPSA) is 92.5 Å². The van der Waals surface area contributed by atoms with E-state index in [1.54, 1.807) is 19.9 Å². The van der Waals surface area contributed by atoms with Gasteiger partial charge in [-0.15, -0.1) is 0 Å². The van der Waals surface area contributed by atoms with E-state index in [2.05, 4.69) is 20.6 Å². The van der Waals surface area contributed by atoms with Gasteiger partial charge in [0.15, 0.2) is 0 Å². The van der Waals surface area contributed by atoms with E-state index < -0.39 is 23.6 Å². The lowest BCUT2D eigenvalue weighted by atomic mass is 10.0. The summed E-state index contributed by atoms with van der Waals surface area (Å²) in [7, 11) is 0. The van der Waals surface area contributed by atoms with Gasteiger partial charge < -0.3 is 24.7 Å². The molecule has 12 heteroatoms. The van der Waals surface area contributed by atoms with Gasteiger partial charge in [-0.25, -0.2) is 14.2 Å². The summed E-state index contributed by atoms with van der Waals surface area (Å²) in [5.41, 5.74) is -1.73. The molecule has 0 bridgehead atoms. The summed E-state index contributed by atoms with van der Waals surface area (Å²) in [6.45, 7) is 5.25. The third-order valence-electron chi connectivity index (χ3n) is 5.04. The number of hydrogen-bond acceptors (Lipinski definition) is 6. The van der Waals surface area contributed by atoms with Crippen LogP contribution in [0.2, 0.25) is 0 Å². The molecule has 0 spiro atoms. The second-order valence-electron chi connectivity index (χ2n) is 7.40. The molecule has 1 aromatic carbocycles. The van der Waals surface area contributed by atoms with E-state index in [1.807, 2.05) is 0 Å². The first kappa shape index (κ1) is 22.8. The van der Waals surface area contributed by atoms with E-state index in [4.69, 9.17) is 9.15 Å². The second kappa shape index (κ2) is 8.85. The number of furan rings is 1. The van der Waals surface area contributed by atoms with Crippen molar-refractivity contribution in [2.24, 2.45) is 0 Å². The Morgan fingerprint density at radius 1 is 1.24 bits per heavy atom. The van der Waals surface area contributed by atoms with E-state index in [0.29, 0.717) is 44.1 Å². The van der Waals surface area contributed by atoms with Crippen LogP contribution in [0.5, 0.6) is 5.88 Å². The van der Waals surface area contributed by atoms with Crippen molar-refractivity contribution in [3.63, 3.8) is 0 Å². The van der Waals surface area contributed by atoms with E-state index in [0.717, 1.165) is 0 Å². The molecule has 3 heterocycles. The van der Waals surface area contributed by atoms with Gasteiger partial charge in [-0.1, -0.05) is 0 Å². The standard InChI is InChI=1S/C21H21F4N5O3/c1-3-32-19-17(27-15-8-11(2)33-18(15)29-19)16-13(22)9-12(21(23,24)25)10-14(16)28-20(31)30-6-4-26-5-7-30/h8-10,26H,3-7H2,1-2H3,(H,28,31). The van der Waals surface area contributed by atoms with Crippen molar-refractivity contribution >= 4 is 22.9 Å². The van der Waals surface area contributed by atoms with E-state index in [1.165, 1.54) is 4.90 Å². The zero-order chi connectivity index (χ0) is 23.8. The Hall–Kier alpha value is -3.41. The van der Waals surface area contributed by atoms with Crippen LogP contribution < -0.4 is 15.4 Å². The molecule has 33 heavy (non-hydrogen) atoms. The van der Waals surface area contributed by atoms with Crippen molar-refractivity contribution in [3.05, 3.63) is 35.3 Å². The summed E-state index contributed by atoms with van der Waals surface area (Å²) in [5, 5.41) is 5.50. The van der Waals surface area contributed by atoms with Crippen LogP contribution in [0, 0.1) is 12.7 Å². The minimum Gasteiger partial charge on any atom is -0.476 e. The van der Waals surface area contributed by atoms with E-state index >= 15 is 4.39 Å². The van der Waals surface area contributed by atoms with Crippen LogP contribution in [0.3, 0.4) is 0 Å². The number of ether oxygens (including phenoxy) is 1. The van der Waals surface area contributed by atoms with Gasteiger partial charge in [-0.05, 0) is 26.0 Å². The third kappa shape index (κ3) is 4.70. The number of fused-ring (bicyclic) bond motifs is 1. The maximum Gasteiger partial charge on any atom is 0.416 e. The minimum absolute atomic E-state index is 0.129. The fraction of sp³-hybridized carbons (Fsp3) is 0.381. The molecular formula is C21H21F4N5O3. The van der Waals surface area contributed by atoms with Crippen LogP contribution in [-0.2, 0) is 6.18 Å². The number of urea groups is 1. The largest absolute Gasteiger partial charge is 0.476 e. The van der Waals surface area contributed by atoms with E-state index in [-0.39, 0.29) is 40.7 Å². The first-order valence-corrected chi connectivity index (χ1v) is 10.3. The number of aromatic nitrogens is 2. The van der Waals surface area contributed by atoms with Crippen LogP contribution in [-0.4, -0.2) is 53.7 Å². The number of rotatable bonds is 4. The zero-order valence-electron chi connectivity index (χ0n) is 17.8. The number of aryl methyl sites for hydroxylation is 1. The number of nitrogens with one attached hydrogen (secondary N) is 2. The highest BCUT2D eigenvalue weighted by Gasteiger charge is 2.34. The highest BCUT2D eigenvalue weighted by Crippen LogP contribution is 2.40. The average molecular weight is 467 g/mol. The number of alkyl halides is 3. The Labute approximate surface area is 185 Å². The second-order valence-corrected chi connectivity index (χ2v) is 7.40. The lowest BCUT2D eigenvalue weighted by Gasteiger charge is -2.28. The molecule has 3 aromatic rings. The Morgan fingerprint density at radius 2 is 1.97 bits per heavy atom. The van der Waals surface area contributed by atoms with Gasteiger partial charge in [0.25, 0.3) is 0 Å². The van der Waals surface area contributed by atoms with Gasteiger partial charge in [-0.3, -0.25) is 0 Å². The molecule has 8 nitrogen and oxygen atoms in total. The van der Waals surface area contributed by atoms with Gasteiger partial charge in [0.05, 0.1) is 23.4 Å². The first-order valence-electron chi connectivity index (χ1n) is 10.3. The summed E-state index contributed by atoms with van der Waals surface area (Å²) in [5.74, 6) is -0.865. The van der Waals surface area contributed by atoms with Crippen LogP contribution in [0.1, 0.15) is 18.2 Å². The molecule has 0 atom stereocenters. The molecule has 1 aliphatic rings.